The topological polar surface area (TPSA) is 42.5 Å². The van der Waals surface area contributed by atoms with Crippen LogP contribution in [0.5, 0.6) is 0 Å². The van der Waals surface area contributed by atoms with Crippen LogP contribution in [0.2, 0.25) is 0 Å². The Labute approximate surface area is 66.2 Å². The van der Waals surface area contributed by atoms with Gasteiger partial charge in [0.2, 0.25) is 0 Å². The summed E-state index contributed by atoms with van der Waals surface area (Å²) in [6, 6.07) is 0. The summed E-state index contributed by atoms with van der Waals surface area (Å²) in [5.74, 6) is 0. The smallest absolute Gasteiger partial charge is 0.154 e. The second kappa shape index (κ2) is 3.49. The molecular weight excluding hydrogens is 144 g/mol. The van der Waals surface area contributed by atoms with Crippen LogP contribution in [0.15, 0.2) is 0 Å². The third-order valence-corrected chi connectivity index (χ3v) is 1.90. The van der Waals surface area contributed by atoms with Crippen molar-refractivity contribution in [1.82, 2.24) is 10.6 Å². The Bertz CT molecular complexity index is 120. The second-order valence-corrected chi connectivity index (χ2v) is 2.71. The van der Waals surface area contributed by atoms with E-state index in [4.69, 9.17) is 9.47 Å². The van der Waals surface area contributed by atoms with E-state index in [1.165, 1.54) is 0 Å². The van der Waals surface area contributed by atoms with Crippen LogP contribution < -0.4 is 10.6 Å². The van der Waals surface area contributed by atoms with Gasteiger partial charge in [0.15, 0.2) is 6.10 Å². The van der Waals surface area contributed by atoms with Crippen LogP contribution in [0.4, 0.5) is 0 Å². The van der Waals surface area contributed by atoms with E-state index >= 15 is 0 Å². The minimum atomic E-state index is 0.218. The Morgan fingerprint density at radius 1 is 1.18 bits per heavy atom. The predicted octanol–water partition coefficient (Wildman–Crippen LogP) is -0.916. The number of rotatable bonds is 1. The molecule has 11 heavy (non-hydrogen) atoms. The normalized spacial score (nSPS) is 29.5. The largest absolute Gasteiger partial charge is 0.376 e. The molecule has 0 bridgehead atoms. The lowest BCUT2D eigenvalue weighted by atomic mass is 10.3. The van der Waals surface area contributed by atoms with Crippen molar-refractivity contribution < 1.29 is 9.47 Å². The van der Waals surface area contributed by atoms with Gasteiger partial charge < -0.3 is 9.47 Å². The van der Waals surface area contributed by atoms with Crippen molar-refractivity contribution in [3.63, 3.8) is 0 Å². The number of hydrogen-bond donors (Lipinski definition) is 2. The summed E-state index contributed by atoms with van der Waals surface area (Å²) in [5.41, 5.74) is 0. The molecule has 0 aromatic heterocycles. The Morgan fingerprint density at radius 2 is 2.00 bits per heavy atom. The molecule has 2 fully saturated rings. The molecule has 1 radical (unpaired) electrons. The Balaban J connectivity index is 1.82. The van der Waals surface area contributed by atoms with Crippen LogP contribution in [0.25, 0.3) is 0 Å². The van der Waals surface area contributed by atoms with E-state index in [1.807, 2.05) is 0 Å². The molecule has 2 aliphatic heterocycles. The van der Waals surface area contributed by atoms with E-state index in [0.717, 1.165) is 25.8 Å². The van der Waals surface area contributed by atoms with Crippen LogP contribution in [-0.4, -0.2) is 39.1 Å². The summed E-state index contributed by atoms with van der Waals surface area (Å²) in [5, 5.41) is 6.55. The summed E-state index contributed by atoms with van der Waals surface area (Å²) >= 11 is 0. The van der Waals surface area contributed by atoms with E-state index < -0.39 is 0 Å². The van der Waals surface area contributed by atoms with Crippen molar-refractivity contribution in [2.75, 3.05) is 32.9 Å². The minimum absolute atomic E-state index is 0.218. The van der Waals surface area contributed by atoms with Crippen molar-refractivity contribution in [2.24, 2.45) is 0 Å². The van der Waals surface area contributed by atoms with Crippen molar-refractivity contribution in [3.8, 4) is 0 Å². The van der Waals surface area contributed by atoms with Gasteiger partial charge in [-0.2, -0.15) is 0 Å². The lowest BCUT2D eigenvalue weighted by Gasteiger charge is -2.26. The minimum Gasteiger partial charge on any atom is -0.376 e. The zero-order chi connectivity index (χ0) is 7.52. The molecule has 2 N–H and O–H groups in total. The van der Waals surface area contributed by atoms with Crippen molar-refractivity contribution in [1.29, 1.82) is 0 Å². The van der Waals surface area contributed by atoms with Crippen molar-refractivity contribution >= 4 is 0 Å². The average Bonchev–Trinajstić information content (AvgIpc) is 2.58. The lowest BCUT2D eigenvalue weighted by Crippen LogP contribution is -2.43. The van der Waals surface area contributed by atoms with Gasteiger partial charge in [0.25, 0.3) is 0 Å². The average molecular weight is 157 g/mol. The van der Waals surface area contributed by atoms with Crippen LogP contribution in [0, 0.1) is 6.10 Å². The van der Waals surface area contributed by atoms with E-state index in [0.29, 0.717) is 13.2 Å². The highest BCUT2D eigenvalue weighted by molar-refractivity contribution is 4.95. The van der Waals surface area contributed by atoms with Gasteiger partial charge in [0.1, 0.15) is 0 Å². The molecule has 0 saturated carbocycles. The molecule has 0 aromatic rings. The first-order valence-corrected chi connectivity index (χ1v) is 4.00. The van der Waals surface area contributed by atoms with Gasteiger partial charge in [0, 0.05) is 13.1 Å². The van der Waals surface area contributed by atoms with Gasteiger partial charge >= 0.3 is 0 Å². The summed E-state index contributed by atoms with van der Waals surface area (Å²) in [4.78, 5) is 0. The highest BCUT2D eigenvalue weighted by Crippen LogP contribution is 2.13. The number of hydrogen-bond acceptors (Lipinski definition) is 4. The van der Waals surface area contributed by atoms with Gasteiger partial charge in [-0.1, -0.05) is 0 Å². The summed E-state index contributed by atoms with van der Waals surface area (Å²) in [6.07, 6.45) is 1.21. The highest BCUT2D eigenvalue weighted by atomic mass is 16.6. The van der Waals surface area contributed by atoms with Crippen LogP contribution >= 0.6 is 0 Å². The third kappa shape index (κ3) is 1.70. The molecule has 2 aliphatic rings. The van der Waals surface area contributed by atoms with E-state index in [-0.39, 0.29) is 6.17 Å². The first kappa shape index (κ1) is 7.49. The van der Waals surface area contributed by atoms with Crippen molar-refractivity contribution in [2.45, 2.75) is 6.17 Å². The van der Waals surface area contributed by atoms with E-state index in [1.54, 1.807) is 0 Å². The molecule has 0 aromatic carbocycles. The van der Waals surface area contributed by atoms with Crippen LogP contribution in [0.1, 0.15) is 0 Å². The first-order chi connectivity index (χ1) is 5.47. The van der Waals surface area contributed by atoms with Crippen LogP contribution in [-0.2, 0) is 9.47 Å². The molecule has 4 heteroatoms. The fourth-order valence-corrected chi connectivity index (χ4v) is 1.35. The molecule has 2 saturated heterocycles. The molecule has 2 rings (SSSR count). The lowest BCUT2D eigenvalue weighted by molar-refractivity contribution is -0.0414. The zero-order valence-corrected chi connectivity index (χ0v) is 6.43. The van der Waals surface area contributed by atoms with Crippen molar-refractivity contribution in [3.05, 3.63) is 6.10 Å². The molecular formula is C7H13N2O2. The number of ether oxygens (including phenoxy) is 2. The monoisotopic (exact) mass is 157 g/mol. The first-order valence-electron chi connectivity index (χ1n) is 4.00. The zero-order valence-electron chi connectivity index (χ0n) is 6.43. The van der Waals surface area contributed by atoms with Gasteiger partial charge in [-0.15, -0.1) is 0 Å². The molecule has 4 nitrogen and oxygen atoms in total. The van der Waals surface area contributed by atoms with E-state index in [2.05, 4.69) is 10.6 Å². The summed E-state index contributed by atoms with van der Waals surface area (Å²) < 4.78 is 10.7. The van der Waals surface area contributed by atoms with E-state index in [9.17, 15) is 0 Å². The maximum atomic E-state index is 5.43. The summed E-state index contributed by atoms with van der Waals surface area (Å²) in [7, 11) is 0. The molecule has 0 unspecified atom stereocenters. The molecule has 0 aliphatic carbocycles. The Kier molecular flexibility index (Phi) is 2.38. The quantitative estimate of drug-likeness (QED) is 0.517. The predicted molar refractivity (Wildman–Crippen MR) is 39.8 cm³/mol. The molecule has 63 valence electrons. The SMILES string of the molecule is C1CNC([C]2COCCO2)N1. The van der Waals surface area contributed by atoms with Gasteiger partial charge in [-0.3, -0.25) is 10.6 Å². The molecule has 2 heterocycles. The Hall–Kier alpha value is -0.160. The molecule has 0 spiro atoms. The fraction of sp³-hybridized carbons (Fsp3) is 0.857. The van der Waals surface area contributed by atoms with Crippen LogP contribution in [0.3, 0.4) is 0 Å². The maximum Gasteiger partial charge on any atom is 0.154 e. The van der Waals surface area contributed by atoms with Gasteiger partial charge in [0.05, 0.1) is 26.0 Å². The van der Waals surface area contributed by atoms with Gasteiger partial charge in [-0.25, -0.2) is 0 Å². The molecule has 0 amide bonds. The molecule has 0 atom stereocenters. The third-order valence-electron chi connectivity index (χ3n) is 1.90. The Morgan fingerprint density at radius 3 is 2.64 bits per heavy atom. The number of nitrogens with one attached hydrogen (secondary N) is 2. The highest BCUT2D eigenvalue weighted by Gasteiger charge is 2.27. The standard InChI is InChI=1S/C7H13N2O2/c1-2-9-7(8-1)6-5-10-3-4-11-6/h7-9H,1-5H2. The van der Waals surface area contributed by atoms with Gasteiger partial charge in [-0.05, 0) is 0 Å². The maximum absolute atomic E-state index is 5.43. The summed E-state index contributed by atoms with van der Waals surface area (Å²) in [6.45, 7) is 4.06. The second-order valence-electron chi connectivity index (χ2n) is 2.71. The fourth-order valence-electron chi connectivity index (χ4n) is 1.35.